The van der Waals surface area contributed by atoms with Gasteiger partial charge in [0.1, 0.15) is 0 Å². The van der Waals surface area contributed by atoms with Crippen molar-refractivity contribution in [2.45, 2.75) is 40.2 Å². The zero-order valence-electron chi connectivity index (χ0n) is 19.3. The summed E-state index contributed by atoms with van der Waals surface area (Å²) >= 11 is 0. The molecule has 31 heavy (non-hydrogen) atoms. The lowest BCUT2D eigenvalue weighted by atomic mass is 10.00. The van der Waals surface area contributed by atoms with Crippen molar-refractivity contribution in [1.82, 2.24) is 5.32 Å². The molecule has 1 aliphatic rings. The molecule has 3 rings (SSSR count). The molecule has 2 aromatic carbocycles. The number of Topliss-reactive ketones (excluding diaryl/α,β-unsaturated/α-hetero) is 1. The van der Waals surface area contributed by atoms with Gasteiger partial charge in [0.15, 0.2) is 12.3 Å². The largest absolute Gasteiger partial charge is 0.360 e. The minimum atomic E-state index is 0.0149. The Labute approximate surface area is 186 Å². The van der Waals surface area contributed by atoms with Crippen LogP contribution >= 0.6 is 0 Å². The fourth-order valence-corrected chi connectivity index (χ4v) is 4.18. The van der Waals surface area contributed by atoms with Crippen molar-refractivity contribution in [3.63, 3.8) is 0 Å². The number of nitrogens with zero attached hydrogens (tertiary/aromatic N) is 1. The molecule has 2 aromatic rings. The maximum atomic E-state index is 12.6. The summed E-state index contributed by atoms with van der Waals surface area (Å²) in [5.41, 5.74) is 4.38. The highest BCUT2D eigenvalue weighted by atomic mass is 16.2. The molecule has 0 bridgehead atoms. The van der Waals surface area contributed by atoms with Crippen LogP contribution in [-0.4, -0.2) is 44.4 Å². The predicted molar refractivity (Wildman–Crippen MR) is 126 cm³/mol. The van der Waals surface area contributed by atoms with E-state index in [1.807, 2.05) is 31.2 Å². The van der Waals surface area contributed by atoms with Crippen molar-refractivity contribution >= 4 is 17.4 Å². The van der Waals surface area contributed by atoms with E-state index in [9.17, 15) is 9.59 Å². The number of benzene rings is 2. The van der Waals surface area contributed by atoms with Crippen molar-refractivity contribution < 1.29 is 14.5 Å². The van der Waals surface area contributed by atoms with Crippen molar-refractivity contribution in [1.29, 1.82) is 0 Å². The van der Waals surface area contributed by atoms with Crippen LogP contribution in [-0.2, 0) is 11.2 Å². The number of piperazine rings is 1. The molecule has 2 N–H and O–H groups in total. The van der Waals surface area contributed by atoms with Gasteiger partial charge in [-0.05, 0) is 61.6 Å². The standard InChI is InChI=1S/C26H35N3O2/c1-19(2)17-22-5-7-23(8-6-22)20(3)27-26(31)18-28-13-15-29(16-14-28)25-11-9-24(10-12-25)21(4)30/h5-12,19-20H,13-18H2,1-4H3,(H,27,31)/p+1/t20-/m0/s1. The smallest absolute Gasteiger partial charge is 0.275 e. The molecule has 0 aliphatic carbocycles. The number of carbonyl (C=O) groups is 2. The van der Waals surface area contributed by atoms with Crippen molar-refractivity contribution in [2.75, 3.05) is 37.6 Å². The highest BCUT2D eigenvalue weighted by Crippen LogP contribution is 2.16. The third kappa shape index (κ3) is 6.66. The molecule has 0 aromatic heterocycles. The number of hydrogen-bond acceptors (Lipinski definition) is 3. The van der Waals surface area contributed by atoms with Crippen molar-refractivity contribution in [2.24, 2.45) is 5.92 Å². The van der Waals surface area contributed by atoms with Crippen molar-refractivity contribution in [3.05, 3.63) is 65.2 Å². The molecule has 1 amide bonds. The SMILES string of the molecule is CC(=O)c1ccc(N2CC[NH+](CC(=O)N[C@@H](C)c3ccc(CC(C)C)cc3)CC2)cc1. The quantitative estimate of drug-likeness (QED) is 0.643. The second-order valence-corrected chi connectivity index (χ2v) is 9.15. The summed E-state index contributed by atoms with van der Waals surface area (Å²) in [6.45, 7) is 12.3. The van der Waals surface area contributed by atoms with Crippen molar-refractivity contribution in [3.8, 4) is 0 Å². The van der Waals surface area contributed by atoms with E-state index in [4.69, 9.17) is 0 Å². The second-order valence-electron chi connectivity index (χ2n) is 9.15. The number of carbonyl (C=O) groups excluding carboxylic acids is 2. The molecule has 0 spiro atoms. The normalized spacial score (nSPS) is 15.7. The molecule has 1 aliphatic heterocycles. The van der Waals surface area contributed by atoms with Gasteiger partial charge in [0, 0.05) is 11.3 Å². The second kappa shape index (κ2) is 10.6. The number of hydrogen-bond donors (Lipinski definition) is 2. The predicted octanol–water partition coefficient (Wildman–Crippen LogP) is 2.67. The first kappa shape index (κ1) is 23.0. The first-order valence-corrected chi connectivity index (χ1v) is 11.4. The zero-order chi connectivity index (χ0) is 22.4. The van der Waals surface area contributed by atoms with E-state index in [0.29, 0.717) is 12.5 Å². The van der Waals surface area contributed by atoms with Gasteiger partial charge in [0.2, 0.25) is 0 Å². The zero-order valence-corrected chi connectivity index (χ0v) is 19.3. The van der Waals surface area contributed by atoms with E-state index in [-0.39, 0.29) is 17.7 Å². The molecule has 1 heterocycles. The summed E-state index contributed by atoms with van der Waals surface area (Å²) in [6, 6.07) is 16.4. The molecule has 0 saturated carbocycles. The van der Waals surface area contributed by atoms with Gasteiger partial charge >= 0.3 is 0 Å². The summed E-state index contributed by atoms with van der Waals surface area (Å²) in [7, 11) is 0. The van der Waals surface area contributed by atoms with Gasteiger partial charge in [-0.25, -0.2) is 0 Å². The Hall–Kier alpha value is -2.66. The van der Waals surface area contributed by atoms with Gasteiger partial charge < -0.3 is 15.1 Å². The maximum Gasteiger partial charge on any atom is 0.275 e. The van der Waals surface area contributed by atoms with Gasteiger partial charge in [0.25, 0.3) is 5.91 Å². The fourth-order valence-electron chi connectivity index (χ4n) is 4.18. The lowest BCUT2D eigenvalue weighted by Crippen LogP contribution is -3.15. The van der Waals surface area contributed by atoms with Crippen LogP contribution in [0.1, 0.15) is 55.2 Å². The Bertz CT molecular complexity index is 867. The topological polar surface area (TPSA) is 53.9 Å². The molecular formula is C26H36N3O2+. The highest BCUT2D eigenvalue weighted by molar-refractivity contribution is 5.94. The minimum absolute atomic E-state index is 0.0149. The van der Waals surface area contributed by atoms with Crippen LogP contribution < -0.4 is 15.1 Å². The third-order valence-electron chi connectivity index (χ3n) is 6.02. The molecule has 0 radical (unpaired) electrons. The summed E-state index contributed by atoms with van der Waals surface area (Å²) in [5.74, 6) is 0.840. The number of rotatable bonds is 8. The lowest BCUT2D eigenvalue weighted by Gasteiger charge is -2.33. The molecule has 5 nitrogen and oxygen atoms in total. The van der Waals surface area contributed by atoms with E-state index < -0.39 is 0 Å². The highest BCUT2D eigenvalue weighted by Gasteiger charge is 2.23. The van der Waals surface area contributed by atoms with Gasteiger partial charge in [-0.2, -0.15) is 0 Å². The molecule has 1 saturated heterocycles. The monoisotopic (exact) mass is 422 g/mol. The minimum Gasteiger partial charge on any atom is -0.360 e. The van der Waals surface area contributed by atoms with Crippen LogP contribution in [0.15, 0.2) is 48.5 Å². The summed E-state index contributed by atoms with van der Waals surface area (Å²) < 4.78 is 0. The van der Waals surface area contributed by atoms with Gasteiger partial charge in [0.05, 0.1) is 32.2 Å². The molecule has 0 unspecified atom stereocenters. The first-order chi connectivity index (χ1) is 14.8. The number of anilines is 1. The summed E-state index contributed by atoms with van der Waals surface area (Å²) in [4.78, 5) is 27.7. The molecular weight excluding hydrogens is 386 g/mol. The first-order valence-electron chi connectivity index (χ1n) is 11.4. The Morgan fingerprint density at radius 1 is 0.968 bits per heavy atom. The van der Waals surface area contributed by atoms with Crippen LogP contribution in [0.25, 0.3) is 0 Å². The molecule has 5 heteroatoms. The average Bonchev–Trinajstić information content (AvgIpc) is 2.74. The fraction of sp³-hybridized carbons (Fsp3) is 0.462. The van der Waals surface area contributed by atoms with Gasteiger partial charge in [-0.3, -0.25) is 9.59 Å². The van der Waals surface area contributed by atoms with Gasteiger partial charge in [-0.1, -0.05) is 38.1 Å². The van der Waals surface area contributed by atoms with E-state index >= 15 is 0 Å². The number of amides is 1. The van der Waals surface area contributed by atoms with E-state index in [1.54, 1.807) is 6.92 Å². The number of ketones is 1. The maximum absolute atomic E-state index is 12.6. The Morgan fingerprint density at radius 2 is 1.58 bits per heavy atom. The third-order valence-corrected chi connectivity index (χ3v) is 6.02. The lowest BCUT2D eigenvalue weighted by molar-refractivity contribution is -0.892. The van der Waals surface area contributed by atoms with E-state index in [1.165, 1.54) is 10.5 Å². The van der Waals surface area contributed by atoms with Crippen LogP contribution in [0.3, 0.4) is 0 Å². The Kier molecular flexibility index (Phi) is 7.85. The van der Waals surface area contributed by atoms with Crippen LogP contribution in [0, 0.1) is 5.92 Å². The Morgan fingerprint density at radius 3 is 2.13 bits per heavy atom. The Balaban J connectivity index is 1.44. The molecule has 1 atom stereocenters. The average molecular weight is 423 g/mol. The summed E-state index contributed by atoms with van der Waals surface area (Å²) in [5, 5.41) is 3.16. The van der Waals surface area contributed by atoms with E-state index in [2.05, 4.69) is 48.3 Å². The molecule has 1 fully saturated rings. The summed E-state index contributed by atoms with van der Waals surface area (Å²) in [6.07, 6.45) is 1.08. The van der Waals surface area contributed by atoms with E-state index in [0.717, 1.165) is 49.4 Å². The van der Waals surface area contributed by atoms with Crippen LogP contribution in [0.2, 0.25) is 0 Å². The van der Waals surface area contributed by atoms with Crippen LogP contribution in [0.5, 0.6) is 0 Å². The molecule has 166 valence electrons. The van der Waals surface area contributed by atoms with Gasteiger partial charge in [-0.15, -0.1) is 0 Å². The number of quaternary nitrogens is 1. The number of nitrogens with one attached hydrogen (secondary N) is 2. The van der Waals surface area contributed by atoms with Crippen LogP contribution in [0.4, 0.5) is 5.69 Å².